The zero-order chi connectivity index (χ0) is 17.2. The van der Waals surface area contributed by atoms with E-state index in [2.05, 4.69) is 11.0 Å². The van der Waals surface area contributed by atoms with Gasteiger partial charge in [-0.1, -0.05) is 24.3 Å². The molecule has 3 heterocycles. The SMILES string of the molecule is CN(C(=O)c1ccccc1)C1CC2CCC(C1)N2CC1=CCCOC1. The Morgan fingerprint density at radius 3 is 2.56 bits per heavy atom. The zero-order valence-electron chi connectivity index (χ0n) is 15.1. The van der Waals surface area contributed by atoms with Gasteiger partial charge >= 0.3 is 0 Å². The highest BCUT2D eigenvalue weighted by molar-refractivity contribution is 5.94. The molecule has 2 unspecified atom stereocenters. The maximum Gasteiger partial charge on any atom is 0.253 e. The Bertz CT molecular complexity index is 629. The van der Waals surface area contributed by atoms with Gasteiger partial charge in [-0.3, -0.25) is 9.69 Å². The number of rotatable bonds is 4. The quantitative estimate of drug-likeness (QED) is 0.790. The number of amides is 1. The van der Waals surface area contributed by atoms with E-state index >= 15 is 0 Å². The molecule has 1 aromatic carbocycles. The third-order valence-electron chi connectivity index (χ3n) is 6.12. The monoisotopic (exact) mass is 340 g/mol. The maximum absolute atomic E-state index is 12.8. The standard InChI is InChI=1S/C21H28N2O2/c1-22(21(24)17-7-3-2-4-8-17)20-12-18-9-10-19(13-20)23(18)14-16-6-5-11-25-15-16/h2-4,6-8,18-20H,5,9-15H2,1H3. The molecule has 0 aliphatic carbocycles. The van der Waals surface area contributed by atoms with E-state index in [-0.39, 0.29) is 5.91 Å². The predicted molar refractivity (Wildman–Crippen MR) is 98.6 cm³/mol. The largest absolute Gasteiger partial charge is 0.377 e. The Hall–Kier alpha value is -1.65. The Morgan fingerprint density at radius 1 is 1.20 bits per heavy atom. The van der Waals surface area contributed by atoms with Gasteiger partial charge in [0.1, 0.15) is 0 Å². The van der Waals surface area contributed by atoms with Crippen molar-refractivity contribution in [3.8, 4) is 0 Å². The van der Waals surface area contributed by atoms with E-state index in [1.54, 1.807) is 0 Å². The third kappa shape index (κ3) is 3.51. The van der Waals surface area contributed by atoms with Gasteiger partial charge in [0.2, 0.25) is 0 Å². The Balaban J connectivity index is 1.41. The van der Waals surface area contributed by atoms with Crippen molar-refractivity contribution >= 4 is 5.91 Å². The summed E-state index contributed by atoms with van der Waals surface area (Å²) >= 11 is 0. The smallest absolute Gasteiger partial charge is 0.253 e. The van der Waals surface area contributed by atoms with Crippen molar-refractivity contribution in [3.05, 3.63) is 47.5 Å². The van der Waals surface area contributed by atoms with Gasteiger partial charge in [0.25, 0.3) is 5.91 Å². The van der Waals surface area contributed by atoms with Crippen molar-refractivity contribution < 1.29 is 9.53 Å². The van der Waals surface area contributed by atoms with E-state index in [1.165, 1.54) is 18.4 Å². The molecule has 4 nitrogen and oxygen atoms in total. The summed E-state index contributed by atoms with van der Waals surface area (Å²) in [5.74, 6) is 0.154. The summed E-state index contributed by atoms with van der Waals surface area (Å²) in [6.45, 7) is 2.72. The van der Waals surface area contributed by atoms with Crippen LogP contribution in [0.4, 0.5) is 0 Å². The molecule has 1 aromatic rings. The lowest BCUT2D eigenvalue weighted by molar-refractivity contribution is 0.0507. The number of hydrogen-bond acceptors (Lipinski definition) is 3. The topological polar surface area (TPSA) is 32.8 Å². The summed E-state index contributed by atoms with van der Waals surface area (Å²) < 4.78 is 5.61. The van der Waals surface area contributed by atoms with Crippen molar-refractivity contribution in [2.45, 2.75) is 50.2 Å². The zero-order valence-corrected chi connectivity index (χ0v) is 15.1. The first kappa shape index (κ1) is 16.8. The molecular formula is C21H28N2O2. The summed E-state index contributed by atoms with van der Waals surface area (Å²) in [5.41, 5.74) is 2.24. The van der Waals surface area contributed by atoms with Crippen LogP contribution < -0.4 is 0 Å². The molecule has 0 N–H and O–H groups in total. The van der Waals surface area contributed by atoms with Crippen LogP contribution in [0.15, 0.2) is 42.0 Å². The minimum atomic E-state index is 0.154. The molecule has 3 aliphatic heterocycles. The molecule has 2 fully saturated rings. The fourth-order valence-electron chi connectivity index (χ4n) is 4.72. The predicted octanol–water partition coefficient (Wildman–Crippen LogP) is 3.10. The number of nitrogens with zero attached hydrogens (tertiary/aromatic N) is 2. The first-order valence-electron chi connectivity index (χ1n) is 9.56. The van der Waals surface area contributed by atoms with Crippen LogP contribution in [-0.4, -0.2) is 60.6 Å². The molecule has 2 bridgehead atoms. The fraction of sp³-hybridized carbons (Fsp3) is 0.571. The van der Waals surface area contributed by atoms with Crippen LogP contribution in [0.5, 0.6) is 0 Å². The number of hydrogen-bond donors (Lipinski definition) is 0. The average Bonchev–Trinajstić information content (AvgIpc) is 2.90. The molecule has 0 saturated carbocycles. The Morgan fingerprint density at radius 2 is 1.92 bits per heavy atom. The van der Waals surface area contributed by atoms with Crippen molar-refractivity contribution in [2.75, 3.05) is 26.8 Å². The van der Waals surface area contributed by atoms with Gasteiger partial charge in [0, 0.05) is 37.3 Å². The summed E-state index contributed by atoms with van der Waals surface area (Å²) in [4.78, 5) is 17.4. The molecule has 2 atom stereocenters. The molecule has 4 heteroatoms. The van der Waals surface area contributed by atoms with Crippen LogP contribution in [0.2, 0.25) is 0 Å². The molecule has 1 amide bonds. The summed E-state index contributed by atoms with van der Waals surface area (Å²) in [6.07, 6.45) is 8.14. The molecule has 25 heavy (non-hydrogen) atoms. The van der Waals surface area contributed by atoms with Crippen LogP contribution in [0, 0.1) is 0 Å². The lowest BCUT2D eigenvalue weighted by Gasteiger charge is -2.42. The van der Waals surface area contributed by atoms with E-state index in [0.717, 1.165) is 44.6 Å². The highest BCUT2D eigenvalue weighted by Crippen LogP contribution is 2.38. The van der Waals surface area contributed by atoms with Gasteiger partial charge in [-0.15, -0.1) is 0 Å². The van der Waals surface area contributed by atoms with E-state index in [1.807, 2.05) is 42.3 Å². The molecular weight excluding hydrogens is 312 g/mol. The molecule has 0 radical (unpaired) electrons. The van der Waals surface area contributed by atoms with Gasteiger partial charge in [0.15, 0.2) is 0 Å². The van der Waals surface area contributed by atoms with Crippen LogP contribution >= 0.6 is 0 Å². The number of piperidine rings is 1. The Kier molecular flexibility index (Phi) is 4.91. The second-order valence-electron chi connectivity index (χ2n) is 7.67. The maximum atomic E-state index is 12.8. The van der Waals surface area contributed by atoms with Crippen LogP contribution in [0.3, 0.4) is 0 Å². The molecule has 4 rings (SSSR count). The van der Waals surface area contributed by atoms with Gasteiger partial charge in [0.05, 0.1) is 13.2 Å². The molecule has 0 spiro atoms. The van der Waals surface area contributed by atoms with Crippen molar-refractivity contribution in [3.63, 3.8) is 0 Å². The first-order valence-corrected chi connectivity index (χ1v) is 9.56. The first-order chi connectivity index (χ1) is 12.2. The summed E-state index contributed by atoms with van der Waals surface area (Å²) in [6, 6.07) is 11.2. The second kappa shape index (κ2) is 7.30. The van der Waals surface area contributed by atoms with Crippen LogP contribution in [-0.2, 0) is 4.74 Å². The summed E-state index contributed by atoms with van der Waals surface area (Å²) in [7, 11) is 1.98. The second-order valence-corrected chi connectivity index (χ2v) is 7.67. The number of ether oxygens (including phenoxy) is 1. The molecule has 134 valence electrons. The normalized spacial score (nSPS) is 29.3. The lowest BCUT2D eigenvalue weighted by Crippen LogP contribution is -2.51. The van der Waals surface area contributed by atoms with Crippen molar-refractivity contribution in [1.82, 2.24) is 9.80 Å². The minimum Gasteiger partial charge on any atom is -0.377 e. The molecule has 2 saturated heterocycles. The number of benzene rings is 1. The van der Waals surface area contributed by atoms with Gasteiger partial charge < -0.3 is 9.64 Å². The number of fused-ring (bicyclic) bond motifs is 2. The number of carbonyl (C=O) groups excluding carboxylic acids is 1. The minimum absolute atomic E-state index is 0.154. The average molecular weight is 340 g/mol. The van der Waals surface area contributed by atoms with Crippen LogP contribution in [0.1, 0.15) is 42.5 Å². The molecule has 3 aliphatic rings. The van der Waals surface area contributed by atoms with Gasteiger partial charge in [-0.2, -0.15) is 0 Å². The lowest BCUT2D eigenvalue weighted by atomic mass is 9.94. The molecule has 0 aromatic heterocycles. The van der Waals surface area contributed by atoms with E-state index in [4.69, 9.17) is 4.74 Å². The van der Waals surface area contributed by atoms with E-state index < -0.39 is 0 Å². The highest BCUT2D eigenvalue weighted by atomic mass is 16.5. The Labute approximate surface area is 150 Å². The van der Waals surface area contributed by atoms with Gasteiger partial charge in [-0.05, 0) is 49.8 Å². The fourth-order valence-corrected chi connectivity index (χ4v) is 4.72. The van der Waals surface area contributed by atoms with E-state index in [9.17, 15) is 4.79 Å². The third-order valence-corrected chi connectivity index (χ3v) is 6.12. The summed E-state index contributed by atoms with van der Waals surface area (Å²) in [5, 5.41) is 0. The number of carbonyl (C=O) groups is 1. The van der Waals surface area contributed by atoms with E-state index in [0.29, 0.717) is 18.1 Å². The van der Waals surface area contributed by atoms with Crippen molar-refractivity contribution in [1.29, 1.82) is 0 Å². The highest BCUT2D eigenvalue weighted by Gasteiger charge is 2.42. The van der Waals surface area contributed by atoms with Crippen molar-refractivity contribution in [2.24, 2.45) is 0 Å². The van der Waals surface area contributed by atoms with Gasteiger partial charge in [-0.25, -0.2) is 0 Å². The van der Waals surface area contributed by atoms with Crippen LogP contribution in [0.25, 0.3) is 0 Å².